The zero-order chi connectivity index (χ0) is 14.8. The van der Waals surface area contributed by atoms with E-state index < -0.39 is 0 Å². The molecule has 0 amide bonds. The molecule has 0 aliphatic rings. The summed E-state index contributed by atoms with van der Waals surface area (Å²) in [6.07, 6.45) is 0. The predicted octanol–water partition coefficient (Wildman–Crippen LogP) is 5.85. The lowest BCUT2D eigenvalue weighted by Crippen LogP contribution is -2.10. The number of nitrogens with one attached hydrogen (secondary N) is 1. The molecule has 2 aromatic carbocycles. The van der Waals surface area contributed by atoms with Crippen LogP contribution in [0.3, 0.4) is 0 Å². The van der Waals surface area contributed by atoms with Crippen molar-refractivity contribution in [3.05, 3.63) is 59.7 Å². The minimum absolute atomic E-state index is 0.206. The molecule has 0 aliphatic carbocycles. The van der Waals surface area contributed by atoms with Crippen molar-refractivity contribution in [1.29, 1.82) is 0 Å². The van der Waals surface area contributed by atoms with E-state index in [0.717, 1.165) is 11.4 Å². The summed E-state index contributed by atoms with van der Waals surface area (Å²) in [6.45, 7) is 11.1. The monoisotopic (exact) mass is 267 g/mol. The van der Waals surface area contributed by atoms with Crippen molar-refractivity contribution in [2.75, 3.05) is 5.32 Å². The van der Waals surface area contributed by atoms with Gasteiger partial charge in [-0.15, -0.1) is 0 Å². The number of anilines is 2. The van der Waals surface area contributed by atoms with Crippen molar-refractivity contribution in [2.45, 2.75) is 46.0 Å². The molecular weight excluding hydrogens is 242 g/mol. The fourth-order valence-corrected chi connectivity index (χ4v) is 2.17. The van der Waals surface area contributed by atoms with Crippen molar-refractivity contribution in [3.63, 3.8) is 0 Å². The van der Waals surface area contributed by atoms with Crippen LogP contribution in [-0.2, 0) is 5.41 Å². The van der Waals surface area contributed by atoms with Crippen LogP contribution in [0.1, 0.15) is 51.7 Å². The third-order valence-electron chi connectivity index (χ3n) is 3.62. The Bertz CT molecular complexity index is 542. The highest BCUT2D eigenvalue weighted by atomic mass is 14.9. The first kappa shape index (κ1) is 14.6. The molecular formula is C19H25N. The van der Waals surface area contributed by atoms with E-state index in [1.165, 1.54) is 11.1 Å². The van der Waals surface area contributed by atoms with Crippen molar-refractivity contribution >= 4 is 11.4 Å². The molecule has 0 saturated carbocycles. The maximum Gasteiger partial charge on any atom is 0.0384 e. The average molecular weight is 267 g/mol. The van der Waals surface area contributed by atoms with Crippen molar-refractivity contribution in [3.8, 4) is 0 Å². The molecule has 1 N–H and O–H groups in total. The molecule has 0 unspecified atom stereocenters. The minimum atomic E-state index is 0.206. The Kier molecular flexibility index (Phi) is 4.17. The highest BCUT2D eigenvalue weighted by Gasteiger charge is 2.12. The molecule has 20 heavy (non-hydrogen) atoms. The summed E-state index contributed by atoms with van der Waals surface area (Å²) in [5, 5.41) is 3.45. The molecule has 0 fully saturated rings. The quantitative estimate of drug-likeness (QED) is 0.735. The van der Waals surface area contributed by atoms with Gasteiger partial charge in [0.1, 0.15) is 0 Å². The molecule has 0 spiro atoms. The summed E-state index contributed by atoms with van der Waals surface area (Å²) in [5.41, 5.74) is 5.21. The van der Waals surface area contributed by atoms with Crippen LogP contribution in [0.25, 0.3) is 0 Å². The second-order valence-electron chi connectivity index (χ2n) is 6.73. The normalized spacial score (nSPS) is 11.7. The highest BCUT2D eigenvalue weighted by Crippen LogP contribution is 2.25. The average Bonchev–Trinajstić information content (AvgIpc) is 2.39. The van der Waals surface area contributed by atoms with Gasteiger partial charge in [0.05, 0.1) is 0 Å². The molecule has 0 aromatic heterocycles. The van der Waals surface area contributed by atoms with E-state index >= 15 is 0 Å². The lowest BCUT2D eigenvalue weighted by Gasteiger charge is -2.19. The number of rotatable bonds is 3. The van der Waals surface area contributed by atoms with E-state index in [1.54, 1.807) is 0 Å². The molecule has 0 saturated heterocycles. The van der Waals surface area contributed by atoms with Gasteiger partial charge in [-0.2, -0.15) is 0 Å². The molecule has 1 nitrogen and oxygen atoms in total. The van der Waals surface area contributed by atoms with Crippen molar-refractivity contribution in [1.82, 2.24) is 0 Å². The van der Waals surface area contributed by atoms with Crippen LogP contribution in [0.15, 0.2) is 48.5 Å². The van der Waals surface area contributed by atoms with Crippen LogP contribution in [0, 0.1) is 0 Å². The van der Waals surface area contributed by atoms with Gasteiger partial charge in [-0.3, -0.25) is 0 Å². The van der Waals surface area contributed by atoms with Gasteiger partial charge >= 0.3 is 0 Å². The highest BCUT2D eigenvalue weighted by molar-refractivity contribution is 5.60. The molecule has 1 heteroatoms. The zero-order valence-corrected chi connectivity index (χ0v) is 13.2. The topological polar surface area (TPSA) is 12.0 Å². The zero-order valence-electron chi connectivity index (χ0n) is 13.2. The van der Waals surface area contributed by atoms with Gasteiger partial charge in [-0.1, -0.05) is 58.9 Å². The first-order chi connectivity index (χ1) is 9.36. The van der Waals surface area contributed by atoms with Crippen LogP contribution >= 0.6 is 0 Å². The van der Waals surface area contributed by atoms with Crippen LogP contribution in [0.2, 0.25) is 0 Å². The van der Waals surface area contributed by atoms with Gasteiger partial charge in [0.2, 0.25) is 0 Å². The number of hydrogen-bond acceptors (Lipinski definition) is 1. The van der Waals surface area contributed by atoms with Crippen LogP contribution in [0.5, 0.6) is 0 Å². The van der Waals surface area contributed by atoms with Crippen molar-refractivity contribution < 1.29 is 0 Å². The van der Waals surface area contributed by atoms with E-state index in [2.05, 4.69) is 88.5 Å². The molecule has 0 aliphatic heterocycles. The van der Waals surface area contributed by atoms with Gasteiger partial charge in [0.25, 0.3) is 0 Å². The molecule has 0 bridgehead atoms. The van der Waals surface area contributed by atoms with Gasteiger partial charge in [-0.25, -0.2) is 0 Å². The summed E-state index contributed by atoms with van der Waals surface area (Å²) in [5.74, 6) is 0.579. The SMILES string of the molecule is CC(C)c1ccc(Nc2ccc(C(C)(C)C)cc2)cc1. The Morgan fingerprint density at radius 3 is 1.60 bits per heavy atom. The largest absolute Gasteiger partial charge is 0.356 e. The Morgan fingerprint density at radius 2 is 1.20 bits per heavy atom. The minimum Gasteiger partial charge on any atom is -0.356 e. The summed E-state index contributed by atoms with van der Waals surface area (Å²) >= 11 is 0. The lowest BCUT2D eigenvalue weighted by molar-refractivity contribution is 0.590. The Labute approximate surface area is 123 Å². The van der Waals surface area contributed by atoms with E-state index in [9.17, 15) is 0 Å². The van der Waals surface area contributed by atoms with E-state index in [-0.39, 0.29) is 5.41 Å². The summed E-state index contributed by atoms with van der Waals surface area (Å²) in [4.78, 5) is 0. The first-order valence-corrected chi connectivity index (χ1v) is 7.34. The second kappa shape index (κ2) is 5.70. The predicted molar refractivity (Wildman–Crippen MR) is 89.0 cm³/mol. The van der Waals surface area contributed by atoms with Gasteiger partial charge in [-0.05, 0) is 46.7 Å². The first-order valence-electron chi connectivity index (χ1n) is 7.34. The maximum atomic E-state index is 3.45. The molecule has 0 radical (unpaired) electrons. The fraction of sp³-hybridized carbons (Fsp3) is 0.368. The smallest absolute Gasteiger partial charge is 0.0384 e. The van der Waals surface area contributed by atoms with E-state index in [0.29, 0.717) is 5.92 Å². The van der Waals surface area contributed by atoms with Gasteiger partial charge < -0.3 is 5.32 Å². The third kappa shape index (κ3) is 3.63. The van der Waals surface area contributed by atoms with Crippen LogP contribution in [0.4, 0.5) is 11.4 Å². The molecule has 2 aromatic rings. The molecule has 2 rings (SSSR count). The Hall–Kier alpha value is -1.76. The molecule has 106 valence electrons. The van der Waals surface area contributed by atoms with Crippen molar-refractivity contribution in [2.24, 2.45) is 0 Å². The summed E-state index contributed by atoms with van der Waals surface area (Å²) < 4.78 is 0. The van der Waals surface area contributed by atoms with Crippen LogP contribution in [-0.4, -0.2) is 0 Å². The van der Waals surface area contributed by atoms with Crippen LogP contribution < -0.4 is 5.32 Å². The summed E-state index contributed by atoms with van der Waals surface area (Å²) in [7, 11) is 0. The second-order valence-corrected chi connectivity index (χ2v) is 6.73. The van der Waals surface area contributed by atoms with E-state index in [4.69, 9.17) is 0 Å². The third-order valence-corrected chi connectivity index (χ3v) is 3.62. The Balaban J connectivity index is 2.10. The lowest BCUT2D eigenvalue weighted by atomic mass is 9.87. The van der Waals surface area contributed by atoms with Gasteiger partial charge in [0, 0.05) is 11.4 Å². The summed E-state index contributed by atoms with van der Waals surface area (Å²) in [6, 6.07) is 17.4. The van der Waals surface area contributed by atoms with Gasteiger partial charge in [0.15, 0.2) is 0 Å². The Morgan fingerprint density at radius 1 is 0.750 bits per heavy atom. The number of benzene rings is 2. The van der Waals surface area contributed by atoms with E-state index in [1.807, 2.05) is 0 Å². The maximum absolute atomic E-state index is 3.45. The fourth-order valence-electron chi connectivity index (χ4n) is 2.17. The molecule has 0 heterocycles. The molecule has 0 atom stereocenters. The number of hydrogen-bond donors (Lipinski definition) is 1. The standard InChI is InChI=1S/C19H25N/c1-14(2)15-6-10-17(11-7-15)20-18-12-8-16(9-13-18)19(3,4)5/h6-14,20H,1-5H3.